The van der Waals surface area contributed by atoms with E-state index in [-0.39, 0.29) is 0 Å². The first-order valence-corrected chi connectivity index (χ1v) is 20.2. The third kappa shape index (κ3) is 2.88. The molecule has 0 amide bonds. The maximum absolute atomic E-state index is 2.58. The summed E-state index contributed by atoms with van der Waals surface area (Å²) in [5.41, 5.74) is 10.6. The molecule has 0 saturated heterocycles. The monoisotopic (exact) mass is 529 g/mol. The van der Waals surface area contributed by atoms with Crippen molar-refractivity contribution in [1.82, 2.24) is 4.40 Å². The van der Waals surface area contributed by atoms with Gasteiger partial charge in [0.2, 0.25) is 0 Å². The number of pyridine rings is 2. The molecule has 3 aromatic heterocycles. The summed E-state index contributed by atoms with van der Waals surface area (Å²) in [6.45, 7) is 4.56. The summed E-state index contributed by atoms with van der Waals surface area (Å²) < 4.78 is 6.47. The molecule has 0 atom stereocenters. The summed E-state index contributed by atoms with van der Waals surface area (Å²) in [4.78, 5) is 0. The van der Waals surface area contributed by atoms with Gasteiger partial charge >= 0.3 is 215 Å². The second-order valence-corrected chi connectivity index (χ2v) is 22.2. The first-order valence-electron chi connectivity index (χ1n) is 12.9. The van der Waals surface area contributed by atoms with E-state index in [9.17, 15) is 0 Å². The Morgan fingerprint density at radius 2 is 1.50 bits per heavy atom. The van der Waals surface area contributed by atoms with Crippen molar-refractivity contribution in [2.24, 2.45) is 7.05 Å². The zero-order valence-electron chi connectivity index (χ0n) is 21.9. The third-order valence-electron chi connectivity index (χ3n) is 8.24. The van der Waals surface area contributed by atoms with E-state index < -0.39 is 13.3 Å². The number of rotatable bonds is 2. The molecule has 0 N–H and O–H groups in total. The van der Waals surface area contributed by atoms with Crippen molar-refractivity contribution in [3.8, 4) is 11.1 Å². The van der Waals surface area contributed by atoms with E-state index in [1.165, 1.54) is 71.3 Å². The van der Waals surface area contributed by atoms with Crippen molar-refractivity contribution in [3.05, 3.63) is 90.1 Å². The Hall–Kier alpha value is -3.37. The van der Waals surface area contributed by atoms with E-state index >= 15 is 0 Å². The van der Waals surface area contributed by atoms with Crippen LogP contribution in [0.15, 0.2) is 79.0 Å². The van der Waals surface area contributed by atoms with Gasteiger partial charge in [-0.15, -0.1) is 0 Å². The molecule has 0 aliphatic heterocycles. The quantitative estimate of drug-likeness (QED) is 0.0944. The molecule has 0 aliphatic rings. The molecule has 3 heteroatoms. The molecule has 0 bridgehead atoms. The van der Waals surface area contributed by atoms with E-state index in [2.05, 4.69) is 126 Å². The average Bonchev–Trinajstić information content (AvgIpc) is 3.18. The Kier molecular flexibility index (Phi) is 4.46. The molecule has 176 valence electrons. The van der Waals surface area contributed by atoms with Crippen LogP contribution in [0.2, 0.25) is 17.3 Å². The summed E-state index contributed by atoms with van der Waals surface area (Å²) >= 11 is -2.07. The van der Waals surface area contributed by atoms with Gasteiger partial charge in [-0.05, 0) is 0 Å². The molecular weight excluding hydrogens is 497 g/mol. The van der Waals surface area contributed by atoms with E-state index in [0.717, 1.165) is 0 Å². The van der Waals surface area contributed by atoms with Crippen LogP contribution in [0.1, 0.15) is 11.1 Å². The molecule has 7 rings (SSSR count). The van der Waals surface area contributed by atoms with Crippen LogP contribution in [0, 0.1) is 13.8 Å². The van der Waals surface area contributed by atoms with Crippen LogP contribution in [0.5, 0.6) is 0 Å². The van der Waals surface area contributed by atoms with Crippen LogP contribution < -0.4 is 8.96 Å². The fraction of sp³-hybridized carbons (Fsp3) is 0.182. The van der Waals surface area contributed by atoms with Gasteiger partial charge in [0.25, 0.3) is 0 Å². The van der Waals surface area contributed by atoms with Gasteiger partial charge < -0.3 is 0 Å². The van der Waals surface area contributed by atoms with E-state index in [4.69, 9.17) is 0 Å². The minimum absolute atomic E-state index is 1.26. The number of hydrogen-bond acceptors (Lipinski definition) is 0. The Bertz CT molecular complexity index is 1990. The fourth-order valence-electron chi connectivity index (χ4n) is 6.15. The van der Waals surface area contributed by atoms with Gasteiger partial charge in [0.05, 0.1) is 0 Å². The standard InChI is InChI=1S/C33H31GeN2/c1-20-16-27-26-18-23(22-10-8-7-9-11-22)12-13-28(26)36-29-19-25(34(3,4)5)17-24-14-15-35(6)33(31(24)29)30(21(20)2)32(27)36/h7-19H,1-6H3/q+1. The number of fused-ring (bicyclic) bond motifs is 5. The van der Waals surface area contributed by atoms with Crippen molar-refractivity contribution in [3.63, 3.8) is 0 Å². The molecule has 0 saturated carbocycles. The van der Waals surface area contributed by atoms with Crippen molar-refractivity contribution in [1.29, 1.82) is 0 Å². The molecule has 0 aliphatic carbocycles. The van der Waals surface area contributed by atoms with E-state index in [1.54, 1.807) is 4.40 Å². The zero-order valence-corrected chi connectivity index (χ0v) is 24.0. The molecule has 0 radical (unpaired) electrons. The molecule has 3 heterocycles. The minimum atomic E-state index is -2.07. The van der Waals surface area contributed by atoms with Gasteiger partial charge in [-0.3, -0.25) is 0 Å². The van der Waals surface area contributed by atoms with Crippen LogP contribution in [0.3, 0.4) is 0 Å². The predicted molar refractivity (Wildman–Crippen MR) is 158 cm³/mol. The van der Waals surface area contributed by atoms with Crippen molar-refractivity contribution >= 4 is 66.7 Å². The normalized spacial score (nSPS) is 12.7. The Morgan fingerprint density at radius 1 is 0.722 bits per heavy atom. The summed E-state index contributed by atoms with van der Waals surface area (Å²) in [5.74, 6) is 7.49. The van der Waals surface area contributed by atoms with Crippen LogP contribution >= 0.6 is 0 Å². The van der Waals surface area contributed by atoms with Crippen molar-refractivity contribution in [2.45, 2.75) is 31.1 Å². The number of benzene rings is 4. The van der Waals surface area contributed by atoms with Crippen LogP contribution in [0.4, 0.5) is 0 Å². The van der Waals surface area contributed by atoms with Gasteiger partial charge in [-0.2, -0.15) is 0 Å². The Morgan fingerprint density at radius 3 is 2.25 bits per heavy atom. The van der Waals surface area contributed by atoms with E-state index in [0.29, 0.717) is 0 Å². The third-order valence-corrected chi connectivity index (χ3v) is 12.5. The van der Waals surface area contributed by atoms with Gasteiger partial charge in [0.1, 0.15) is 0 Å². The zero-order chi connectivity index (χ0) is 24.9. The predicted octanol–water partition coefficient (Wildman–Crippen LogP) is 7.64. The van der Waals surface area contributed by atoms with Crippen molar-refractivity contribution < 1.29 is 4.57 Å². The number of aryl methyl sites for hydroxylation is 3. The molecule has 0 fully saturated rings. The summed E-state index contributed by atoms with van der Waals surface area (Å²) in [6.07, 6.45) is 2.25. The van der Waals surface area contributed by atoms with E-state index in [1.807, 2.05) is 0 Å². The Labute approximate surface area is 214 Å². The van der Waals surface area contributed by atoms with Crippen LogP contribution in [-0.2, 0) is 7.05 Å². The summed E-state index contributed by atoms with van der Waals surface area (Å²) in [5, 5.41) is 6.81. The van der Waals surface area contributed by atoms with Crippen LogP contribution in [-0.4, -0.2) is 17.7 Å². The molecule has 0 unspecified atom stereocenters. The maximum atomic E-state index is 2.58. The van der Waals surface area contributed by atoms with Gasteiger partial charge in [0, 0.05) is 0 Å². The number of hydrogen-bond donors (Lipinski definition) is 0. The van der Waals surface area contributed by atoms with Crippen LogP contribution in [0.25, 0.3) is 60.1 Å². The topological polar surface area (TPSA) is 8.29 Å². The van der Waals surface area contributed by atoms with Crippen molar-refractivity contribution in [2.75, 3.05) is 0 Å². The Balaban J connectivity index is 1.79. The SMILES string of the molecule is Cc1cc2c3cc(-c4ccccc4)ccc3n3c4c[c]([Ge]([CH3])([CH3])[CH3])cc5cc[n+](C)c(c(c1C)c23)c54. The van der Waals surface area contributed by atoms with Gasteiger partial charge in [-0.1, -0.05) is 0 Å². The molecule has 0 spiro atoms. The molecule has 2 nitrogen and oxygen atoms in total. The second kappa shape index (κ2) is 7.33. The van der Waals surface area contributed by atoms with Gasteiger partial charge in [0.15, 0.2) is 0 Å². The molecule has 7 aromatic rings. The average molecular weight is 528 g/mol. The number of nitrogens with zero attached hydrogens (tertiary/aromatic N) is 2. The number of aromatic nitrogens is 2. The summed E-state index contributed by atoms with van der Waals surface area (Å²) in [7, 11) is 2.20. The first-order chi connectivity index (χ1) is 17.2. The molecular formula is C33H31GeN2+. The summed E-state index contributed by atoms with van der Waals surface area (Å²) in [6, 6.07) is 27.5. The van der Waals surface area contributed by atoms with Gasteiger partial charge in [-0.25, -0.2) is 0 Å². The molecule has 4 aromatic carbocycles. The first kappa shape index (κ1) is 21.9. The second-order valence-electron chi connectivity index (χ2n) is 11.5. The fourth-order valence-corrected chi connectivity index (χ4v) is 8.58. The molecule has 36 heavy (non-hydrogen) atoms.